The largest absolute Gasteiger partial charge is 2.00 e. The molecule has 0 bridgehead atoms. The molecule has 0 spiro atoms. The van der Waals surface area contributed by atoms with Gasteiger partial charge in [-0.15, -0.1) is 0 Å². The summed E-state index contributed by atoms with van der Waals surface area (Å²) in [6, 6.07) is 0. The third-order valence-corrected chi connectivity index (χ3v) is 0. The van der Waals surface area contributed by atoms with Crippen LogP contribution < -0.4 is 24.8 Å². The van der Waals surface area contributed by atoms with Gasteiger partial charge in [-0.3, -0.25) is 4.21 Å². The number of rotatable bonds is 0. The van der Waals surface area contributed by atoms with Gasteiger partial charge in [0.2, 0.25) is 0 Å². The molecule has 1 nitrogen and oxygen atoms in total. The third kappa shape index (κ3) is 128. The zero-order chi connectivity index (χ0) is 3.58. The van der Waals surface area contributed by atoms with Crippen LogP contribution in [0.3, 0.4) is 0 Å². The van der Waals surface area contributed by atoms with Crippen LogP contribution in [0.5, 0.6) is 0 Å². The normalized spacial score (nSPS) is 5.00. The number of halogens is 2. The van der Waals surface area contributed by atoms with Crippen molar-refractivity contribution in [2.75, 3.05) is 12.5 Å². The second-order valence-electron chi connectivity index (χ2n) is 0.742. The average molecular weight is 213 g/mol. The fourth-order valence-corrected chi connectivity index (χ4v) is 0. The summed E-state index contributed by atoms with van der Waals surface area (Å²) in [5, 5.41) is 0. The molecule has 0 amide bonds. The zero-order valence-corrected chi connectivity index (χ0v) is 7.14. The quantitative estimate of drug-likeness (QED) is 0.366. The molecule has 5 heteroatoms. The molecule has 0 aromatic rings. The van der Waals surface area contributed by atoms with Crippen LogP contribution in [0.1, 0.15) is 0 Å². The van der Waals surface area contributed by atoms with E-state index in [2.05, 4.69) is 0 Å². The van der Waals surface area contributed by atoms with Crippen molar-refractivity contribution in [1.29, 1.82) is 0 Å². The molecule has 0 aromatic carbocycles. The van der Waals surface area contributed by atoms with Crippen LogP contribution in [-0.4, -0.2) is 16.7 Å². The molecule has 0 unspecified atom stereocenters. The monoisotopic (exact) mass is 211 g/mol. The van der Waals surface area contributed by atoms with Crippen LogP contribution >= 0.6 is 0 Å². The SMILES string of the molecule is CS(C)=O.[Cl-].[Cl-].[Cu+2]. The first kappa shape index (κ1) is 24.0. The van der Waals surface area contributed by atoms with Gasteiger partial charge >= 0.3 is 17.1 Å². The summed E-state index contributed by atoms with van der Waals surface area (Å²) in [5.41, 5.74) is 0. The Morgan fingerprint density at radius 3 is 1.14 bits per heavy atom. The van der Waals surface area contributed by atoms with Crippen LogP contribution in [0.15, 0.2) is 0 Å². The maximum absolute atomic E-state index is 9.56. The van der Waals surface area contributed by atoms with E-state index in [1.54, 1.807) is 12.5 Å². The van der Waals surface area contributed by atoms with Crippen molar-refractivity contribution in [2.45, 2.75) is 0 Å². The minimum absolute atomic E-state index is 0. The summed E-state index contributed by atoms with van der Waals surface area (Å²) in [6.07, 6.45) is 3.28. The molecule has 0 saturated heterocycles. The van der Waals surface area contributed by atoms with E-state index >= 15 is 0 Å². The van der Waals surface area contributed by atoms with E-state index < -0.39 is 10.8 Å². The first-order valence-corrected chi connectivity index (χ1v) is 2.95. The number of hydrogen-bond acceptors (Lipinski definition) is 1. The summed E-state index contributed by atoms with van der Waals surface area (Å²) in [6.45, 7) is 0. The molecule has 0 aromatic heterocycles. The molecule has 51 valence electrons. The van der Waals surface area contributed by atoms with Gasteiger partial charge in [0.1, 0.15) is 0 Å². The predicted octanol–water partition coefficient (Wildman–Crippen LogP) is -6.00. The number of hydrogen-bond donors (Lipinski definition) is 0. The molecule has 0 aliphatic heterocycles. The van der Waals surface area contributed by atoms with Crippen molar-refractivity contribution in [2.24, 2.45) is 0 Å². The Morgan fingerprint density at radius 2 is 1.14 bits per heavy atom. The van der Waals surface area contributed by atoms with Gasteiger partial charge in [0.05, 0.1) is 0 Å². The van der Waals surface area contributed by atoms with Gasteiger partial charge in [-0.25, -0.2) is 0 Å². The minimum Gasteiger partial charge on any atom is -1.00 e. The topological polar surface area (TPSA) is 17.1 Å². The maximum Gasteiger partial charge on any atom is 2.00 e. The van der Waals surface area contributed by atoms with E-state index in [1.807, 2.05) is 0 Å². The molecule has 0 aliphatic carbocycles. The minimum atomic E-state index is -0.611. The summed E-state index contributed by atoms with van der Waals surface area (Å²) in [5.74, 6) is 0. The van der Waals surface area contributed by atoms with Crippen LogP contribution in [-0.2, 0) is 27.9 Å². The van der Waals surface area contributed by atoms with Gasteiger partial charge in [0.25, 0.3) is 0 Å². The first-order valence-electron chi connectivity index (χ1n) is 0.983. The molecule has 0 heterocycles. The average Bonchev–Trinajstić information content (AvgIpc) is 0.811. The molecule has 0 aliphatic rings. The molecule has 7 heavy (non-hydrogen) atoms. The van der Waals surface area contributed by atoms with Gasteiger partial charge in [0, 0.05) is 23.3 Å². The van der Waals surface area contributed by atoms with Gasteiger partial charge < -0.3 is 24.8 Å². The predicted molar refractivity (Wildman–Crippen MR) is 20.0 cm³/mol. The van der Waals surface area contributed by atoms with Crippen molar-refractivity contribution in [3.63, 3.8) is 0 Å². The summed E-state index contributed by atoms with van der Waals surface area (Å²) in [7, 11) is -0.611. The van der Waals surface area contributed by atoms with Crippen molar-refractivity contribution in [3.8, 4) is 0 Å². The van der Waals surface area contributed by atoms with E-state index in [9.17, 15) is 4.21 Å². The van der Waals surface area contributed by atoms with Crippen molar-refractivity contribution in [3.05, 3.63) is 0 Å². The zero-order valence-electron chi connectivity index (χ0n) is 3.87. The third-order valence-electron chi connectivity index (χ3n) is 0. The smallest absolute Gasteiger partial charge is 1.00 e. The fraction of sp³-hybridized carbons (Fsp3) is 1.00. The Balaban J connectivity index is -0.0000000150. The Kier molecular flexibility index (Phi) is 53.8. The second-order valence-corrected chi connectivity index (χ2v) is 2.22. The summed E-state index contributed by atoms with van der Waals surface area (Å²) < 4.78 is 9.56. The fourth-order valence-electron chi connectivity index (χ4n) is 0. The Hall–Kier alpha value is 1.25. The van der Waals surface area contributed by atoms with Gasteiger partial charge in [0.15, 0.2) is 0 Å². The molecule has 0 saturated carbocycles. The molecule has 0 fully saturated rings. The second kappa shape index (κ2) is 15.7. The maximum atomic E-state index is 9.56. The molecule has 0 N–H and O–H groups in total. The Bertz CT molecular complexity index is 38.7. The molecular formula is C2H6Cl2CuOS. The van der Waals surface area contributed by atoms with Crippen molar-refractivity contribution in [1.82, 2.24) is 0 Å². The summed E-state index contributed by atoms with van der Waals surface area (Å²) in [4.78, 5) is 0. The van der Waals surface area contributed by atoms with E-state index in [4.69, 9.17) is 0 Å². The van der Waals surface area contributed by atoms with Crippen molar-refractivity contribution < 1.29 is 46.1 Å². The van der Waals surface area contributed by atoms with E-state index in [1.165, 1.54) is 0 Å². The van der Waals surface area contributed by atoms with E-state index in [0.717, 1.165) is 0 Å². The molecular weight excluding hydrogens is 207 g/mol. The summed E-state index contributed by atoms with van der Waals surface area (Å²) >= 11 is 0. The molecule has 0 rings (SSSR count). The van der Waals surface area contributed by atoms with E-state index in [0.29, 0.717) is 0 Å². The van der Waals surface area contributed by atoms with Crippen LogP contribution in [0.25, 0.3) is 0 Å². The van der Waals surface area contributed by atoms with Gasteiger partial charge in [-0.1, -0.05) is 0 Å². The Labute approximate surface area is 69.4 Å². The molecule has 1 radical (unpaired) electrons. The first-order chi connectivity index (χ1) is 1.73. The van der Waals surface area contributed by atoms with Gasteiger partial charge in [-0.2, -0.15) is 0 Å². The van der Waals surface area contributed by atoms with Gasteiger partial charge in [-0.05, 0) is 0 Å². The standard InChI is InChI=1S/C2H6OS.2ClH.Cu/c1-4(2)3;;;/h1-2H3;2*1H;/q;;;+2/p-2. The van der Waals surface area contributed by atoms with Crippen LogP contribution in [0, 0.1) is 0 Å². The van der Waals surface area contributed by atoms with E-state index in [-0.39, 0.29) is 41.9 Å². The van der Waals surface area contributed by atoms with Crippen LogP contribution in [0.4, 0.5) is 0 Å². The Morgan fingerprint density at radius 1 is 1.14 bits per heavy atom. The molecule has 0 atom stereocenters. The van der Waals surface area contributed by atoms with Crippen LogP contribution in [0.2, 0.25) is 0 Å². The van der Waals surface area contributed by atoms with Crippen molar-refractivity contribution >= 4 is 10.8 Å².